The number of hydrogen-bond acceptors (Lipinski definition) is 2. The van der Waals surface area contributed by atoms with Gasteiger partial charge in [0, 0.05) is 13.1 Å². The van der Waals surface area contributed by atoms with Crippen LogP contribution in [0.2, 0.25) is 0 Å². The summed E-state index contributed by atoms with van der Waals surface area (Å²) in [5, 5.41) is 0. The van der Waals surface area contributed by atoms with Gasteiger partial charge in [0.15, 0.2) is 0 Å². The lowest BCUT2D eigenvalue weighted by atomic mass is 10.1. The quantitative estimate of drug-likeness (QED) is 0.827. The maximum absolute atomic E-state index is 6.03. The van der Waals surface area contributed by atoms with E-state index in [0.29, 0.717) is 0 Å². The number of nitrogens with zero attached hydrogens (tertiary/aromatic N) is 1. The van der Waals surface area contributed by atoms with Crippen LogP contribution in [0.15, 0.2) is 48.5 Å². The Hall–Kier alpha value is -1.96. The van der Waals surface area contributed by atoms with E-state index in [2.05, 4.69) is 49.1 Å². The predicted octanol–water partition coefficient (Wildman–Crippen LogP) is 3.60. The molecule has 2 rings (SSSR count). The molecule has 0 bridgehead atoms. The molecule has 2 nitrogen and oxygen atoms in total. The lowest BCUT2D eigenvalue weighted by Gasteiger charge is -2.24. The molecule has 0 amide bonds. The van der Waals surface area contributed by atoms with Crippen molar-refractivity contribution < 1.29 is 0 Å². The van der Waals surface area contributed by atoms with Crippen LogP contribution in [0.5, 0.6) is 0 Å². The van der Waals surface area contributed by atoms with Crippen LogP contribution in [0.1, 0.15) is 18.1 Å². The monoisotopic (exact) mass is 240 g/mol. The first kappa shape index (κ1) is 12.5. The van der Waals surface area contributed by atoms with Crippen molar-refractivity contribution in [2.24, 2.45) is 0 Å². The molecule has 0 aliphatic heterocycles. The molecule has 0 saturated carbocycles. The molecule has 0 heterocycles. The van der Waals surface area contributed by atoms with E-state index in [4.69, 9.17) is 5.73 Å². The molecule has 2 N–H and O–H groups in total. The Balaban J connectivity index is 2.20. The van der Waals surface area contributed by atoms with Crippen LogP contribution in [0, 0.1) is 6.92 Å². The third-order valence-electron chi connectivity index (χ3n) is 3.15. The number of hydrogen-bond donors (Lipinski definition) is 1. The summed E-state index contributed by atoms with van der Waals surface area (Å²) < 4.78 is 0. The standard InChI is InChI=1S/C16H20N2/c1-3-18(16-7-5-4-6-15(16)17)12-14-10-8-13(2)9-11-14/h4-11H,3,12,17H2,1-2H3. The molecule has 0 atom stereocenters. The number of benzene rings is 2. The maximum atomic E-state index is 6.03. The van der Waals surface area contributed by atoms with Crippen LogP contribution in [0.25, 0.3) is 0 Å². The van der Waals surface area contributed by atoms with Crippen LogP contribution in [0.3, 0.4) is 0 Å². The summed E-state index contributed by atoms with van der Waals surface area (Å²) in [6.45, 7) is 6.10. The third kappa shape index (κ3) is 2.83. The molecule has 2 aromatic carbocycles. The minimum atomic E-state index is 0.839. The van der Waals surface area contributed by atoms with Crippen molar-refractivity contribution in [1.82, 2.24) is 0 Å². The highest BCUT2D eigenvalue weighted by atomic mass is 15.1. The number of nitrogen functional groups attached to an aromatic ring is 1. The highest BCUT2D eigenvalue weighted by Gasteiger charge is 2.07. The zero-order chi connectivity index (χ0) is 13.0. The van der Waals surface area contributed by atoms with Crippen molar-refractivity contribution >= 4 is 11.4 Å². The molecule has 0 aromatic heterocycles. The molecular weight excluding hydrogens is 220 g/mol. The van der Waals surface area contributed by atoms with Crippen LogP contribution < -0.4 is 10.6 Å². The van der Waals surface area contributed by atoms with E-state index in [1.165, 1.54) is 11.1 Å². The molecule has 0 aliphatic carbocycles. The average molecular weight is 240 g/mol. The molecule has 0 spiro atoms. The number of aryl methyl sites for hydroxylation is 1. The topological polar surface area (TPSA) is 29.3 Å². The molecule has 0 saturated heterocycles. The van der Waals surface area contributed by atoms with E-state index in [1.807, 2.05) is 18.2 Å². The van der Waals surface area contributed by atoms with Gasteiger partial charge in [-0.1, -0.05) is 42.0 Å². The summed E-state index contributed by atoms with van der Waals surface area (Å²) in [5.41, 5.74) is 10.6. The lowest BCUT2D eigenvalue weighted by molar-refractivity contribution is 0.833. The van der Waals surface area contributed by atoms with E-state index in [1.54, 1.807) is 0 Å². The molecule has 94 valence electrons. The van der Waals surface area contributed by atoms with Gasteiger partial charge in [0.1, 0.15) is 0 Å². The summed E-state index contributed by atoms with van der Waals surface area (Å²) in [4.78, 5) is 2.29. The van der Waals surface area contributed by atoms with Crippen molar-refractivity contribution in [1.29, 1.82) is 0 Å². The molecule has 0 aliphatic rings. The highest BCUT2D eigenvalue weighted by molar-refractivity contribution is 5.67. The second-order valence-corrected chi connectivity index (χ2v) is 4.56. The normalized spacial score (nSPS) is 10.3. The van der Waals surface area contributed by atoms with Gasteiger partial charge in [-0.2, -0.15) is 0 Å². The number of nitrogens with two attached hydrogens (primary N) is 1. The summed E-state index contributed by atoms with van der Waals surface area (Å²) in [7, 11) is 0. The van der Waals surface area contributed by atoms with Crippen LogP contribution >= 0.6 is 0 Å². The first-order valence-electron chi connectivity index (χ1n) is 6.35. The highest BCUT2D eigenvalue weighted by Crippen LogP contribution is 2.24. The van der Waals surface area contributed by atoms with Gasteiger partial charge >= 0.3 is 0 Å². The third-order valence-corrected chi connectivity index (χ3v) is 3.15. The molecular formula is C16H20N2. The number of anilines is 2. The Morgan fingerprint density at radius 1 is 1.00 bits per heavy atom. The first-order chi connectivity index (χ1) is 8.70. The fraction of sp³-hybridized carbons (Fsp3) is 0.250. The minimum absolute atomic E-state index is 0.839. The van der Waals surface area contributed by atoms with Crippen molar-refractivity contribution in [3.63, 3.8) is 0 Å². The first-order valence-corrected chi connectivity index (χ1v) is 6.35. The van der Waals surface area contributed by atoms with Crippen molar-refractivity contribution in [3.8, 4) is 0 Å². The van der Waals surface area contributed by atoms with Gasteiger partial charge < -0.3 is 10.6 Å². The Morgan fingerprint density at radius 2 is 1.67 bits per heavy atom. The Labute approximate surface area is 109 Å². The van der Waals surface area contributed by atoms with Crippen molar-refractivity contribution in [3.05, 3.63) is 59.7 Å². The summed E-state index contributed by atoms with van der Waals surface area (Å²) in [6, 6.07) is 16.7. The van der Waals surface area contributed by atoms with Crippen molar-refractivity contribution in [2.75, 3.05) is 17.2 Å². The fourth-order valence-corrected chi connectivity index (χ4v) is 2.06. The summed E-state index contributed by atoms with van der Waals surface area (Å²) >= 11 is 0. The molecule has 0 unspecified atom stereocenters. The van der Waals surface area contributed by atoms with Gasteiger partial charge in [-0.15, -0.1) is 0 Å². The summed E-state index contributed by atoms with van der Waals surface area (Å²) in [6.07, 6.45) is 0. The van der Waals surface area contributed by atoms with Gasteiger partial charge in [-0.25, -0.2) is 0 Å². The SMILES string of the molecule is CCN(Cc1ccc(C)cc1)c1ccccc1N. The molecule has 2 heteroatoms. The molecule has 0 fully saturated rings. The number of rotatable bonds is 4. The maximum Gasteiger partial charge on any atom is 0.0602 e. The molecule has 18 heavy (non-hydrogen) atoms. The van der Waals surface area contributed by atoms with Gasteiger partial charge in [0.2, 0.25) is 0 Å². The van der Waals surface area contributed by atoms with Crippen molar-refractivity contribution in [2.45, 2.75) is 20.4 Å². The van der Waals surface area contributed by atoms with Gasteiger partial charge in [0.25, 0.3) is 0 Å². The minimum Gasteiger partial charge on any atom is -0.397 e. The second-order valence-electron chi connectivity index (χ2n) is 4.56. The van der Waals surface area contributed by atoms with Crippen LogP contribution in [-0.2, 0) is 6.54 Å². The van der Waals surface area contributed by atoms with E-state index in [9.17, 15) is 0 Å². The Kier molecular flexibility index (Phi) is 3.88. The zero-order valence-electron chi connectivity index (χ0n) is 11.1. The zero-order valence-corrected chi connectivity index (χ0v) is 11.1. The fourth-order valence-electron chi connectivity index (χ4n) is 2.06. The van der Waals surface area contributed by atoms with E-state index in [0.717, 1.165) is 24.5 Å². The van der Waals surface area contributed by atoms with E-state index >= 15 is 0 Å². The van der Waals surface area contributed by atoms with E-state index < -0.39 is 0 Å². The Morgan fingerprint density at radius 3 is 2.28 bits per heavy atom. The predicted molar refractivity (Wildman–Crippen MR) is 78.8 cm³/mol. The van der Waals surface area contributed by atoms with Crippen LogP contribution in [0.4, 0.5) is 11.4 Å². The Bertz CT molecular complexity index is 503. The molecule has 2 aromatic rings. The smallest absolute Gasteiger partial charge is 0.0602 e. The van der Waals surface area contributed by atoms with Gasteiger partial charge in [-0.3, -0.25) is 0 Å². The van der Waals surface area contributed by atoms with Gasteiger partial charge in [-0.05, 0) is 31.5 Å². The molecule has 0 radical (unpaired) electrons. The summed E-state index contributed by atoms with van der Waals surface area (Å²) in [5.74, 6) is 0. The van der Waals surface area contributed by atoms with Crippen LogP contribution in [-0.4, -0.2) is 6.54 Å². The van der Waals surface area contributed by atoms with E-state index in [-0.39, 0.29) is 0 Å². The lowest BCUT2D eigenvalue weighted by Crippen LogP contribution is -2.22. The second kappa shape index (κ2) is 5.58. The largest absolute Gasteiger partial charge is 0.397 e. The van der Waals surface area contributed by atoms with Gasteiger partial charge in [0.05, 0.1) is 11.4 Å². The average Bonchev–Trinajstić information content (AvgIpc) is 2.39. The number of para-hydroxylation sites is 2.